The number of hydrogen-bond donors (Lipinski definition) is 1. The normalized spacial score (nSPS) is 23.6. The maximum atomic E-state index is 12.4. The first kappa shape index (κ1) is 23.1. The fourth-order valence-electron chi connectivity index (χ4n) is 4.30. The molecular weight excluding hydrogens is 413 g/mol. The minimum Gasteiger partial charge on any atom is -0.543 e. The molecule has 9 heteroatoms. The van der Waals surface area contributed by atoms with Crippen LogP contribution in [-0.2, 0) is 16.0 Å². The summed E-state index contributed by atoms with van der Waals surface area (Å²) in [6, 6.07) is 9.57. The molecule has 1 aromatic carbocycles. The topological polar surface area (TPSA) is 98.5 Å². The van der Waals surface area contributed by atoms with Gasteiger partial charge in [0.05, 0.1) is 29.7 Å². The predicted octanol–water partition coefficient (Wildman–Crippen LogP) is -2.03. The molecule has 1 fully saturated rings. The van der Waals surface area contributed by atoms with Gasteiger partial charge in [-0.15, -0.1) is 11.8 Å². The molecule has 1 saturated heterocycles. The number of hydrogen-bond acceptors (Lipinski definition) is 6. The Morgan fingerprint density at radius 2 is 2.03 bits per heavy atom. The van der Waals surface area contributed by atoms with Gasteiger partial charge in [0.2, 0.25) is 5.91 Å². The van der Waals surface area contributed by atoms with Crippen LogP contribution in [0.5, 0.6) is 0 Å². The molecule has 2 aromatic rings. The second-order valence-electron chi connectivity index (χ2n) is 7.40. The number of carboxylic acids is 1. The van der Waals surface area contributed by atoms with E-state index in [1.54, 1.807) is 13.1 Å². The van der Waals surface area contributed by atoms with E-state index in [4.69, 9.17) is 0 Å². The molecule has 1 aromatic heterocycles. The molecule has 7 nitrogen and oxygen atoms in total. The predicted molar refractivity (Wildman–Crippen MR) is 107 cm³/mol. The van der Waals surface area contributed by atoms with E-state index in [1.165, 1.54) is 16.7 Å². The molecule has 0 saturated carbocycles. The maximum absolute atomic E-state index is 12.4. The number of fused-ring (bicyclic) bond motifs is 1. The molecule has 0 bridgehead atoms. The van der Waals surface area contributed by atoms with Crippen molar-refractivity contribution in [1.29, 1.82) is 0 Å². The largest absolute Gasteiger partial charge is 1.00 e. The van der Waals surface area contributed by atoms with Gasteiger partial charge in [-0.1, -0.05) is 25.1 Å². The zero-order valence-electron chi connectivity index (χ0n) is 17.2. The number of carboxylic acid groups (broad SMARTS) is 1. The molecule has 2 aliphatic rings. The molecule has 1 amide bonds. The summed E-state index contributed by atoms with van der Waals surface area (Å²) in [7, 11) is 0. The zero-order chi connectivity index (χ0) is 20.7. The zero-order valence-corrected chi connectivity index (χ0v) is 20.0. The number of nitrogens with zero attached hydrogens (tertiary/aromatic N) is 3. The van der Waals surface area contributed by atoms with Crippen LogP contribution in [0.1, 0.15) is 19.7 Å². The average molecular weight is 435 g/mol. The van der Waals surface area contributed by atoms with Crippen molar-refractivity contribution in [2.45, 2.75) is 32.4 Å². The minimum atomic E-state index is -1.34. The van der Waals surface area contributed by atoms with Crippen LogP contribution in [0.4, 0.5) is 0 Å². The van der Waals surface area contributed by atoms with Crippen molar-refractivity contribution in [2.24, 2.45) is 11.8 Å². The first-order valence-electron chi connectivity index (χ1n) is 9.59. The van der Waals surface area contributed by atoms with Crippen LogP contribution in [0, 0.1) is 11.8 Å². The third kappa shape index (κ3) is 3.87. The Bertz CT molecular complexity index is 976. The van der Waals surface area contributed by atoms with Crippen molar-refractivity contribution >= 4 is 23.6 Å². The average Bonchev–Trinajstić information content (AvgIpc) is 3.24. The fraction of sp³-hybridized carbons (Fsp3) is 0.381. The van der Waals surface area contributed by atoms with Crippen LogP contribution in [0.2, 0.25) is 0 Å². The third-order valence-electron chi connectivity index (χ3n) is 5.64. The van der Waals surface area contributed by atoms with Crippen molar-refractivity contribution < 1.29 is 49.4 Å². The van der Waals surface area contributed by atoms with Crippen LogP contribution < -0.4 is 34.7 Å². The molecule has 0 aliphatic carbocycles. The van der Waals surface area contributed by atoms with Crippen LogP contribution in [-0.4, -0.2) is 49.3 Å². The van der Waals surface area contributed by atoms with E-state index in [9.17, 15) is 19.8 Å². The van der Waals surface area contributed by atoms with Crippen LogP contribution >= 0.6 is 11.8 Å². The van der Waals surface area contributed by atoms with Gasteiger partial charge in [0.25, 0.3) is 0 Å². The number of imidazole rings is 1. The van der Waals surface area contributed by atoms with Gasteiger partial charge in [-0.2, -0.15) is 0 Å². The van der Waals surface area contributed by atoms with Gasteiger partial charge in [0, 0.05) is 41.1 Å². The second kappa shape index (κ2) is 9.28. The van der Waals surface area contributed by atoms with Crippen molar-refractivity contribution in [3.63, 3.8) is 0 Å². The van der Waals surface area contributed by atoms with Crippen molar-refractivity contribution in [1.82, 2.24) is 14.5 Å². The number of benzene rings is 1. The number of carbonyl (C=O) groups is 2. The number of para-hydroxylation sites is 1. The van der Waals surface area contributed by atoms with Gasteiger partial charge in [0.15, 0.2) is 0 Å². The fourth-order valence-corrected chi connectivity index (χ4v) is 5.53. The SMILES string of the molecule is C[C@@H](O)[C@H]1C(=O)N2C(C(=O)[O-])=C(SCCc3nccn3-c3ccccc3)[C@H](C)[C@H]12.[Na+]. The molecule has 152 valence electrons. The van der Waals surface area contributed by atoms with Crippen molar-refractivity contribution in [2.75, 3.05) is 5.75 Å². The molecule has 3 heterocycles. The first-order chi connectivity index (χ1) is 13.9. The summed E-state index contributed by atoms with van der Waals surface area (Å²) in [5.41, 5.74) is 0.976. The van der Waals surface area contributed by atoms with Crippen molar-refractivity contribution in [3.8, 4) is 5.69 Å². The van der Waals surface area contributed by atoms with E-state index in [2.05, 4.69) is 4.98 Å². The van der Waals surface area contributed by atoms with Gasteiger partial charge in [-0.3, -0.25) is 4.79 Å². The maximum Gasteiger partial charge on any atom is 1.00 e. The van der Waals surface area contributed by atoms with E-state index in [1.807, 2.05) is 48.0 Å². The standard InChI is InChI=1S/C21H23N3O4S.Na/c1-12-17-16(13(2)25)20(26)24(17)18(21(27)28)19(12)29-11-8-15-22-9-10-23(15)14-6-4-3-5-7-14;/h3-7,9-10,12-13,16-17,25H,8,11H2,1-2H3,(H,27,28);/q;+1/p-1/t12-,13-,16-,17-;/m1./s1. The third-order valence-corrected chi connectivity index (χ3v) is 6.92. The Morgan fingerprint density at radius 3 is 2.67 bits per heavy atom. The molecule has 1 N–H and O–H groups in total. The summed E-state index contributed by atoms with van der Waals surface area (Å²) < 4.78 is 2.01. The molecule has 4 rings (SSSR count). The number of amides is 1. The van der Waals surface area contributed by atoms with Crippen molar-refractivity contribution in [3.05, 3.63) is 59.2 Å². The van der Waals surface area contributed by atoms with E-state index in [0.29, 0.717) is 17.1 Å². The Hall–Kier alpha value is -1.58. The Morgan fingerprint density at radius 1 is 1.33 bits per heavy atom. The number of aliphatic carboxylic acids is 1. The van der Waals surface area contributed by atoms with Crippen LogP contribution in [0.25, 0.3) is 5.69 Å². The quantitative estimate of drug-likeness (QED) is 0.398. The Kier molecular flexibility index (Phi) is 7.14. The number of carbonyl (C=O) groups excluding carboxylic acids is 2. The van der Waals surface area contributed by atoms with Gasteiger partial charge in [-0.25, -0.2) is 4.98 Å². The van der Waals surface area contributed by atoms with Crippen LogP contribution in [0.15, 0.2) is 53.3 Å². The molecule has 2 aliphatic heterocycles. The molecule has 0 spiro atoms. The minimum absolute atomic E-state index is 0. The molecular formula is C21H22N3NaO4S. The number of aliphatic hydroxyl groups excluding tert-OH is 1. The molecule has 0 radical (unpaired) electrons. The van der Waals surface area contributed by atoms with E-state index in [-0.39, 0.29) is 53.1 Å². The number of rotatable bonds is 7. The Balaban J connectivity index is 0.00000256. The second-order valence-corrected chi connectivity index (χ2v) is 8.54. The summed E-state index contributed by atoms with van der Waals surface area (Å²) in [5.74, 6) is -0.898. The number of aromatic nitrogens is 2. The van der Waals surface area contributed by atoms with Gasteiger partial charge in [0.1, 0.15) is 5.82 Å². The van der Waals surface area contributed by atoms with E-state index in [0.717, 1.165) is 11.5 Å². The molecule has 30 heavy (non-hydrogen) atoms. The number of aliphatic hydroxyl groups is 1. The number of aryl methyl sites for hydroxylation is 1. The van der Waals surface area contributed by atoms with Gasteiger partial charge in [-0.05, 0) is 19.1 Å². The summed E-state index contributed by atoms with van der Waals surface area (Å²) in [6.45, 7) is 3.47. The summed E-state index contributed by atoms with van der Waals surface area (Å²) in [4.78, 5) is 30.5. The molecule has 4 atom stereocenters. The van der Waals surface area contributed by atoms with Gasteiger partial charge >= 0.3 is 29.6 Å². The smallest absolute Gasteiger partial charge is 0.543 e. The van der Waals surface area contributed by atoms with E-state index < -0.39 is 18.0 Å². The number of thioether (sulfide) groups is 1. The summed E-state index contributed by atoms with van der Waals surface area (Å²) >= 11 is 1.42. The first-order valence-corrected chi connectivity index (χ1v) is 10.6. The summed E-state index contributed by atoms with van der Waals surface area (Å²) in [6.07, 6.45) is 3.48. The number of β-lactam (4-membered cyclic amide) rings is 1. The van der Waals surface area contributed by atoms with Crippen LogP contribution in [0.3, 0.4) is 0 Å². The Labute approximate surface area is 201 Å². The monoisotopic (exact) mass is 435 g/mol. The molecule has 0 unspecified atom stereocenters. The summed E-state index contributed by atoms with van der Waals surface area (Å²) in [5, 5.41) is 21.7. The van der Waals surface area contributed by atoms with E-state index >= 15 is 0 Å². The van der Waals surface area contributed by atoms with Gasteiger partial charge < -0.3 is 24.5 Å².